The lowest BCUT2D eigenvalue weighted by Crippen LogP contribution is -2.53. The average molecular weight is 1790 g/mol. The number of rotatable bonds is 49. The Morgan fingerprint density at radius 3 is 1.44 bits per heavy atom. The molecule has 0 bridgehead atoms. The van der Waals surface area contributed by atoms with Crippen LogP contribution < -0.4 is 63.8 Å². The lowest BCUT2D eigenvalue weighted by atomic mass is 10.0. The average Bonchev–Trinajstić information content (AvgIpc) is 1.65. The summed E-state index contributed by atoms with van der Waals surface area (Å²) in [5, 5.41) is 116. The fourth-order valence-corrected chi connectivity index (χ4v) is 12.5. The van der Waals surface area contributed by atoms with Crippen LogP contribution >= 0.6 is 34.8 Å². The van der Waals surface area contributed by atoms with Crippen LogP contribution in [0.1, 0.15) is 81.8 Å². The van der Waals surface area contributed by atoms with Crippen LogP contribution in [0.5, 0.6) is 0 Å². The van der Waals surface area contributed by atoms with Gasteiger partial charge in [0, 0.05) is 98.9 Å². The van der Waals surface area contributed by atoms with Crippen LogP contribution in [0.4, 0.5) is 21.0 Å². The number of hydrogen-bond donors (Lipinski definition) is 20. The number of carbonyl (C=O) groups excluding carboxylic acids is 8. The van der Waals surface area contributed by atoms with Crippen molar-refractivity contribution in [3.8, 4) is 11.3 Å². The van der Waals surface area contributed by atoms with Gasteiger partial charge in [-0.15, -0.1) is 5.10 Å². The SMILES string of the molecule is O=C(O)CCC(NC(=O)NC(CCCCNC(=O)Nc1cccc(-c2cnnn2CC(=O)NCC(=O)NCC(=O)NCC(=O)NC(CCCCNC(=S)Nc2ccc(CC(C(=O)O)N3CCN(CC(=O)O)CCN(CC(=O)O)CCN(CC(=O)O)CC3)cc2)C(=O)N[C@@H](CCCCNC(=O)Cc2ccc(I)cc2)C(=O)O)c1)C(=O)O)C(=O)O. The summed E-state index contributed by atoms with van der Waals surface area (Å²) in [6, 6.07) is 11.8. The molecule has 45 heteroatoms. The van der Waals surface area contributed by atoms with E-state index in [1.54, 1.807) is 68.1 Å². The number of hydrogen-bond acceptors (Lipinski definition) is 23. The summed E-state index contributed by atoms with van der Waals surface area (Å²) < 4.78 is 2.21. The summed E-state index contributed by atoms with van der Waals surface area (Å²) >= 11 is 7.70. The molecule has 2 heterocycles. The normalized spacial score (nSPS) is 14.2. The van der Waals surface area contributed by atoms with Crippen molar-refractivity contribution in [3.63, 3.8) is 0 Å². The Labute approximate surface area is 695 Å². The van der Waals surface area contributed by atoms with E-state index >= 15 is 0 Å². The second-order valence-electron chi connectivity index (χ2n) is 27.2. The third-order valence-corrected chi connectivity index (χ3v) is 19.0. The van der Waals surface area contributed by atoms with Gasteiger partial charge in [0.2, 0.25) is 35.4 Å². The molecule has 5 rings (SSSR count). The van der Waals surface area contributed by atoms with E-state index in [9.17, 15) is 112 Å². The molecular formula is C73H100IN19O24S. The van der Waals surface area contributed by atoms with Gasteiger partial charge in [-0.2, -0.15) is 0 Å². The number of unbranched alkanes of at least 4 members (excludes halogenated alkanes) is 3. The molecule has 0 spiro atoms. The third-order valence-electron chi connectivity index (χ3n) is 18.0. The maximum absolute atomic E-state index is 13.9. The number of amides is 10. The number of nitrogens with one attached hydrogen (secondary N) is 12. The smallest absolute Gasteiger partial charge is 0.326 e. The molecular weight excluding hydrogens is 1690 g/mol. The number of carboxylic acid groups (broad SMARTS) is 8. The molecule has 4 aromatic rings. The fourth-order valence-electron chi connectivity index (χ4n) is 11.9. The Kier molecular flexibility index (Phi) is 42.6. The number of thiocarbonyl (C=S) groups is 1. The second kappa shape index (κ2) is 52.0. The van der Waals surface area contributed by atoms with Crippen LogP contribution in [0.15, 0.2) is 79.0 Å². The van der Waals surface area contributed by atoms with Crippen molar-refractivity contribution in [2.75, 3.05) is 122 Å². The summed E-state index contributed by atoms with van der Waals surface area (Å²) in [6.07, 6.45) is 2.00. The number of carbonyl (C=O) groups is 16. The minimum Gasteiger partial charge on any atom is -0.481 e. The van der Waals surface area contributed by atoms with Crippen molar-refractivity contribution in [1.82, 2.24) is 87.8 Å². The van der Waals surface area contributed by atoms with Gasteiger partial charge in [0.25, 0.3) is 0 Å². The van der Waals surface area contributed by atoms with E-state index in [4.69, 9.17) is 17.3 Å². The molecule has 1 saturated heterocycles. The first-order valence-electron chi connectivity index (χ1n) is 37.5. The second-order valence-corrected chi connectivity index (χ2v) is 28.9. The highest BCUT2D eigenvalue weighted by Crippen LogP contribution is 2.23. The van der Waals surface area contributed by atoms with Crippen molar-refractivity contribution >= 4 is 147 Å². The standard InChI is InChI=1S/C73H100IN19O24S/c74-48-17-13-46(14-18-48)35-57(94)75-23-4-2-11-52(67(108)109)85-66(107)51(10-1-6-25-77-73(118)83-49-19-15-45(16-20-49)34-55(70(114)115)92-32-30-90(43-64(103)104)28-26-89(42-63(101)102)27-29-91(31-33-92)44-65(105)106)84-60(97)40-79-58(95)38-78-59(96)39-80-61(98)41-93-56(37-81-88-93)47-8-7-9-50(36-47)82-71(116)76-24-5-3-12-53(68(110)111)86-72(117)87-54(69(112)113)21-22-62(99)100/h7-9,13-20,36-37,51-55H,1-6,10-12,21-35,38-44H2,(H,75,94)(H,78,96)(H,79,95)(H,80,98)(H,84,97)(H,85,107)(H,99,100)(H,101,102)(H,103,104)(H,105,106)(H,108,109)(H,110,111)(H,112,113)(H,114,115)(H2,76,82,116)(H2,77,83,118)(H2,86,87,117)/t51?,52-,53?,54?,55?/m0/s1. The zero-order chi connectivity index (χ0) is 86.6. The van der Waals surface area contributed by atoms with E-state index in [2.05, 4.69) is 91.4 Å². The van der Waals surface area contributed by atoms with Gasteiger partial charge < -0.3 is 105 Å². The Balaban J connectivity index is 1.09. The highest BCUT2D eigenvalue weighted by molar-refractivity contribution is 14.1. The van der Waals surface area contributed by atoms with Crippen LogP contribution in [0.3, 0.4) is 0 Å². The van der Waals surface area contributed by atoms with Crippen LogP contribution in [-0.4, -0.2) is 317 Å². The number of nitrogens with zero attached hydrogens (tertiary/aromatic N) is 7. The number of aliphatic carboxylic acids is 8. The minimum atomic E-state index is -1.58. The molecule has 1 aliphatic rings. The van der Waals surface area contributed by atoms with Crippen LogP contribution in [0, 0.1) is 3.57 Å². The molecule has 0 saturated carbocycles. The van der Waals surface area contributed by atoms with Crippen LogP contribution in [0.25, 0.3) is 11.3 Å². The number of carboxylic acids is 8. The third kappa shape index (κ3) is 39.2. The number of benzene rings is 3. The van der Waals surface area contributed by atoms with Crippen molar-refractivity contribution in [3.05, 3.63) is 93.7 Å². The van der Waals surface area contributed by atoms with Gasteiger partial charge in [-0.25, -0.2) is 28.7 Å². The predicted molar refractivity (Wildman–Crippen MR) is 431 cm³/mol. The highest BCUT2D eigenvalue weighted by atomic mass is 127. The van der Waals surface area contributed by atoms with E-state index in [0.717, 1.165) is 9.13 Å². The summed E-state index contributed by atoms with van der Waals surface area (Å²) in [5.41, 5.74) is 3.00. The van der Waals surface area contributed by atoms with Gasteiger partial charge >= 0.3 is 59.8 Å². The summed E-state index contributed by atoms with van der Waals surface area (Å²) in [4.78, 5) is 205. The topological polar surface area (TPSA) is 623 Å². The first-order chi connectivity index (χ1) is 56.2. The predicted octanol–water partition coefficient (Wildman–Crippen LogP) is -1.53. The number of urea groups is 2. The van der Waals surface area contributed by atoms with Gasteiger partial charge in [0.05, 0.1) is 57.6 Å². The van der Waals surface area contributed by atoms with E-state index in [1.165, 1.54) is 10.9 Å². The maximum atomic E-state index is 13.9. The Bertz CT molecular complexity index is 4080. The molecule has 3 aromatic carbocycles. The molecule has 43 nitrogen and oxygen atoms in total. The lowest BCUT2D eigenvalue weighted by molar-refractivity contribution is -0.144. The molecule has 644 valence electrons. The van der Waals surface area contributed by atoms with Gasteiger partial charge in [-0.05, 0) is 153 Å². The van der Waals surface area contributed by atoms with Crippen molar-refractivity contribution < 1.29 is 118 Å². The van der Waals surface area contributed by atoms with E-state index in [-0.39, 0.29) is 160 Å². The monoisotopic (exact) mass is 1790 g/mol. The minimum absolute atomic E-state index is 0.00186. The van der Waals surface area contributed by atoms with Gasteiger partial charge in [0.15, 0.2) is 5.11 Å². The molecule has 0 radical (unpaired) electrons. The quantitative estimate of drug-likeness (QED) is 0.0136. The summed E-state index contributed by atoms with van der Waals surface area (Å²) in [6.45, 7) is -1.99. The van der Waals surface area contributed by atoms with Crippen molar-refractivity contribution in [2.45, 2.75) is 120 Å². The lowest BCUT2D eigenvalue weighted by Gasteiger charge is -2.35. The molecule has 20 N–H and O–H groups in total. The molecule has 1 fully saturated rings. The number of aromatic nitrogens is 3. The molecule has 5 atom stereocenters. The molecule has 10 amide bonds. The first-order valence-corrected chi connectivity index (χ1v) is 39.0. The molecule has 1 aromatic heterocycles. The Morgan fingerprint density at radius 1 is 0.432 bits per heavy atom. The van der Waals surface area contributed by atoms with Crippen molar-refractivity contribution in [2.24, 2.45) is 0 Å². The molecule has 0 aliphatic carbocycles. The zero-order valence-corrected chi connectivity index (χ0v) is 67.3. The van der Waals surface area contributed by atoms with Crippen LogP contribution in [0.2, 0.25) is 0 Å². The van der Waals surface area contributed by atoms with E-state index < -0.39 is 159 Å². The fraction of sp³-hybridized carbons (Fsp3) is 0.493. The van der Waals surface area contributed by atoms with Crippen molar-refractivity contribution in [1.29, 1.82) is 0 Å². The van der Waals surface area contributed by atoms with Gasteiger partial charge in [0.1, 0.15) is 36.8 Å². The van der Waals surface area contributed by atoms with Gasteiger partial charge in [-0.1, -0.05) is 41.6 Å². The summed E-state index contributed by atoms with van der Waals surface area (Å²) in [5.74, 6) is -14.4. The number of halogens is 1. The number of anilines is 2. The molecule has 4 unspecified atom stereocenters. The highest BCUT2D eigenvalue weighted by Gasteiger charge is 2.31. The van der Waals surface area contributed by atoms with Gasteiger partial charge in [-0.3, -0.25) is 72.3 Å². The Morgan fingerprint density at radius 2 is 0.915 bits per heavy atom. The van der Waals surface area contributed by atoms with E-state index in [1.807, 2.05) is 29.6 Å². The Hall–Kier alpha value is -11.8. The maximum Gasteiger partial charge on any atom is 0.326 e. The molecule has 1 aliphatic heterocycles. The summed E-state index contributed by atoms with van der Waals surface area (Å²) in [7, 11) is 0. The molecule has 118 heavy (non-hydrogen) atoms. The van der Waals surface area contributed by atoms with E-state index in [0.29, 0.717) is 41.0 Å². The first kappa shape index (κ1) is 96.8. The largest absolute Gasteiger partial charge is 0.481 e. The zero-order valence-electron chi connectivity index (χ0n) is 64.3. The van der Waals surface area contributed by atoms with Crippen LogP contribution in [-0.2, 0) is 86.5 Å².